The maximum Gasteiger partial charge on any atom is 0.244 e. The van der Waals surface area contributed by atoms with E-state index in [2.05, 4.69) is 5.32 Å². The molecule has 2 aliphatic rings. The molecule has 0 radical (unpaired) electrons. The molecular weight excluding hydrogens is 371 g/mol. The number of hydrogen-bond acceptors (Lipinski definition) is 3. The Kier molecular flexibility index (Phi) is 5.18. The maximum atomic E-state index is 13.3. The van der Waals surface area contributed by atoms with Crippen molar-refractivity contribution < 1.29 is 18.8 Å². The Morgan fingerprint density at radius 1 is 1.10 bits per heavy atom. The Morgan fingerprint density at radius 3 is 2.45 bits per heavy atom. The van der Waals surface area contributed by atoms with Crippen molar-refractivity contribution in [2.45, 2.75) is 38.5 Å². The summed E-state index contributed by atoms with van der Waals surface area (Å²) in [6.07, 6.45) is 3.91. The van der Waals surface area contributed by atoms with Crippen LogP contribution in [0.1, 0.15) is 54.4 Å². The average molecular weight is 394 g/mol. The maximum absolute atomic E-state index is 13.3. The highest BCUT2D eigenvalue weighted by Gasteiger charge is 2.39. The first kappa shape index (κ1) is 19.3. The van der Waals surface area contributed by atoms with Gasteiger partial charge in [0.2, 0.25) is 11.8 Å². The largest absolute Gasteiger partial charge is 0.325 e. The van der Waals surface area contributed by atoms with E-state index in [0.717, 1.165) is 25.7 Å². The normalized spacial score (nSPS) is 18.4. The standard InChI is InChI=1S/C23H23FN2O3/c1-2-26(17-10-8-16(24)9-11-17)23(29)20-18-13-15(7-12-19(18)25-22(20)28)21(27)14-5-3-4-6-14/h7-14,20H,2-6H2,1H3,(H,25,28). The molecule has 2 aromatic rings. The van der Waals surface area contributed by atoms with E-state index in [4.69, 9.17) is 0 Å². The number of carbonyl (C=O) groups is 3. The van der Waals surface area contributed by atoms with E-state index in [0.29, 0.717) is 29.0 Å². The van der Waals surface area contributed by atoms with Crippen LogP contribution in [0, 0.1) is 11.7 Å². The van der Waals surface area contributed by atoms with Gasteiger partial charge >= 0.3 is 0 Å². The fourth-order valence-electron chi connectivity index (χ4n) is 4.33. The lowest BCUT2D eigenvalue weighted by atomic mass is 9.91. The van der Waals surface area contributed by atoms with Gasteiger partial charge in [-0.05, 0) is 67.8 Å². The van der Waals surface area contributed by atoms with E-state index in [9.17, 15) is 18.8 Å². The lowest BCUT2D eigenvalue weighted by Gasteiger charge is -2.24. The fourth-order valence-corrected chi connectivity index (χ4v) is 4.33. The van der Waals surface area contributed by atoms with E-state index >= 15 is 0 Å². The number of halogens is 1. The van der Waals surface area contributed by atoms with Crippen molar-refractivity contribution >= 4 is 29.0 Å². The van der Waals surface area contributed by atoms with Crippen molar-refractivity contribution in [3.8, 4) is 0 Å². The van der Waals surface area contributed by atoms with Gasteiger partial charge in [-0.2, -0.15) is 0 Å². The van der Waals surface area contributed by atoms with Crippen LogP contribution in [0.15, 0.2) is 42.5 Å². The Labute approximate surface area is 168 Å². The SMILES string of the molecule is CCN(C(=O)C1C(=O)Nc2ccc(C(=O)C3CCCC3)cc21)c1ccc(F)cc1. The van der Waals surface area contributed by atoms with Crippen LogP contribution in [0.3, 0.4) is 0 Å². The van der Waals surface area contributed by atoms with Crippen LogP contribution in [-0.4, -0.2) is 24.1 Å². The molecular formula is C23H23FN2O3. The molecule has 4 rings (SSSR count). The van der Waals surface area contributed by atoms with Gasteiger partial charge < -0.3 is 10.2 Å². The van der Waals surface area contributed by atoms with Crippen molar-refractivity contribution in [2.75, 3.05) is 16.8 Å². The molecule has 0 aromatic heterocycles. The summed E-state index contributed by atoms with van der Waals surface area (Å²) >= 11 is 0. The molecule has 1 unspecified atom stereocenters. The van der Waals surface area contributed by atoms with Crippen LogP contribution in [0.25, 0.3) is 0 Å². The minimum absolute atomic E-state index is 0.0265. The van der Waals surface area contributed by atoms with Gasteiger partial charge in [0.1, 0.15) is 11.7 Å². The van der Waals surface area contributed by atoms with E-state index in [1.165, 1.54) is 29.2 Å². The number of amides is 2. The highest BCUT2D eigenvalue weighted by atomic mass is 19.1. The Morgan fingerprint density at radius 2 is 1.79 bits per heavy atom. The molecule has 0 bridgehead atoms. The smallest absolute Gasteiger partial charge is 0.244 e. The lowest BCUT2D eigenvalue weighted by Crippen LogP contribution is -2.37. The molecule has 1 atom stereocenters. The molecule has 2 amide bonds. The first-order valence-corrected chi connectivity index (χ1v) is 10.1. The van der Waals surface area contributed by atoms with Gasteiger partial charge in [-0.25, -0.2) is 4.39 Å². The van der Waals surface area contributed by atoms with Gasteiger partial charge in [-0.3, -0.25) is 14.4 Å². The van der Waals surface area contributed by atoms with Gasteiger partial charge in [0.15, 0.2) is 5.78 Å². The molecule has 5 nitrogen and oxygen atoms in total. The minimum Gasteiger partial charge on any atom is -0.325 e. The fraction of sp³-hybridized carbons (Fsp3) is 0.348. The number of fused-ring (bicyclic) bond motifs is 1. The van der Waals surface area contributed by atoms with Crippen LogP contribution in [0.2, 0.25) is 0 Å². The lowest BCUT2D eigenvalue weighted by molar-refractivity contribution is -0.126. The molecule has 6 heteroatoms. The molecule has 1 saturated carbocycles. The number of likely N-dealkylation sites (N-methyl/N-ethyl adjacent to an activating group) is 1. The summed E-state index contributed by atoms with van der Waals surface area (Å²) in [5.74, 6) is -2.10. The molecule has 1 N–H and O–H groups in total. The highest BCUT2D eigenvalue weighted by molar-refractivity contribution is 6.20. The third kappa shape index (κ3) is 3.55. The zero-order valence-electron chi connectivity index (χ0n) is 16.3. The molecule has 29 heavy (non-hydrogen) atoms. The first-order valence-electron chi connectivity index (χ1n) is 10.1. The molecule has 1 aliphatic heterocycles. The number of anilines is 2. The third-order valence-electron chi connectivity index (χ3n) is 5.86. The Hall–Kier alpha value is -3.02. The molecule has 1 heterocycles. The third-order valence-corrected chi connectivity index (χ3v) is 5.86. The quantitative estimate of drug-likeness (QED) is 0.608. The highest BCUT2D eigenvalue weighted by Crippen LogP contribution is 2.37. The van der Waals surface area contributed by atoms with Crippen molar-refractivity contribution in [3.63, 3.8) is 0 Å². The van der Waals surface area contributed by atoms with E-state index in [1.54, 1.807) is 25.1 Å². The van der Waals surface area contributed by atoms with Crippen molar-refractivity contribution in [3.05, 3.63) is 59.4 Å². The van der Waals surface area contributed by atoms with Gasteiger partial charge in [0.05, 0.1) is 0 Å². The van der Waals surface area contributed by atoms with Gasteiger partial charge in [0.25, 0.3) is 0 Å². The topological polar surface area (TPSA) is 66.5 Å². The average Bonchev–Trinajstić information content (AvgIpc) is 3.36. The second-order valence-electron chi connectivity index (χ2n) is 7.63. The predicted octanol–water partition coefficient (Wildman–Crippen LogP) is 4.29. The minimum atomic E-state index is -1.02. The molecule has 1 fully saturated rings. The summed E-state index contributed by atoms with van der Waals surface area (Å²) in [5.41, 5.74) is 2.17. The van der Waals surface area contributed by atoms with Crippen LogP contribution in [-0.2, 0) is 9.59 Å². The molecule has 150 valence electrons. The number of nitrogens with zero attached hydrogens (tertiary/aromatic N) is 1. The molecule has 0 saturated heterocycles. The molecule has 1 aliphatic carbocycles. The van der Waals surface area contributed by atoms with Gasteiger partial charge in [0, 0.05) is 29.4 Å². The van der Waals surface area contributed by atoms with E-state index in [1.807, 2.05) is 0 Å². The zero-order chi connectivity index (χ0) is 20.5. The summed E-state index contributed by atoms with van der Waals surface area (Å²) in [4.78, 5) is 40.1. The van der Waals surface area contributed by atoms with Crippen LogP contribution in [0.5, 0.6) is 0 Å². The summed E-state index contributed by atoms with van der Waals surface area (Å²) in [6, 6.07) is 10.7. The number of carbonyl (C=O) groups excluding carboxylic acids is 3. The van der Waals surface area contributed by atoms with Crippen LogP contribution < -0.4 is 10.2 Å². The number of Topliss-reactive ketones (excluding diaryl/α,β-unsaturated/α-hetero) is 1. The second-order valence-corrected chi connectivity index (χ2v) is 7.63. The van der Waals surface area contributed by atoms with Crippen molar-refractivity contribution in [2.24, 2.45) is 5.92 Å². The Bertz CT molecular complexity index is 965. The number of ketones is 1. The van der Waals surface area contributed by atoms with E-state index < -0.39 is 17.6 Å². The number of nitrogens with one attached hydrogen (secondary N) is 1. The van der Waals surface area contributed by atoms with Crippen LogP contribution in [0.4, 0.5) is 15.8 Å². The van der Waals surface area contributed by atoms with E-state index in [-0.39, 0.29) is 17.6 Å². The number of rotatable bonds is 5. The van der Waals surface area contributed by atoms with Crippen molar-refractivity contribution in [1.82, 2.24) is 0 Å². The summed E-state index contributed by atoms with van der Waals surface area (Å²) in [6.45, 7) is 2.14. The Balaban J connectivity index is 1.65. The summed E-state index contributed by atoms with van der Waals surface area (Å²) in [5, 5.41) is 2.75. The number of benzene rings is 2. The monoisotopic (exact) mass is 394 g/mol. The van der Waals surface area contributed by atoms with Crippen LogP contribution >= 0.6 is 0 Å². The molecule has 2 aromatic carbocycles. The first-order chi connectivity index (χ1) is 14.0. The van der Waals surface area contributed by atoms with Gasteiger partial charge in [-0.15, -0.1) is 0 Å². The van der Waals surface area contributed by atoms with Crippen molar-refractivity contribution in [1.29, 1.82) is 0 Å². The molecule has 0 spiro atoms. The summed E-state index contributed by atoms with van der Waals surface area (Å²) < 4.78 is 13.3. The second kappa shape index (κ2) is 7.78. The predicted molar refractivity (Wildman–Crippen MR) is 109 cm³/mol. The number of hydrogen-bond donors (Lipinski definition) is 1. The summed E-state index contributed by atoms with van der Waals surface area (Å²) in [7, 11) is 0. The zero-order valence-corrected chi connectivity index (χ0v) is 16.3. The van der Waals surface area contributed by atoms with Gasteiger partial charge in [-0.1, -0.05) is 12.8 Å².